The van der Waals surface area contributed by atoms with E-state index in [0.29, 0.717) is 5.95 Å². The van der Waals surface area contributed by atoms with E-state index in [9.17, 15) is 0 Å². The van der Waals surface area contributed by atoms with Gasteiger partial charge in [-0.1, -0.05) is 103 Å². The van der Waals surface area contributed by atoms with E-state index in [1.807, 2.05) is 12.1 Å². The van der Waals surface area contributed by atoms with Crippen molar-refractivity contribution in [1.82, 2.24) is 14.5 Å². The fourth-order valence-corrected chi connectivity index (χ4v) is 7.94. The van der Waals surface area contributed by atoms with Gasteiger partial charge in [-0.2, -0.15) is 0 Å². The van der Waals surface area contributed by atoms with Crippen molar-refractivity contribution in [3.8, 4) is 28.3 Å². The Morgan fingerprint density at radius 1 is 0.489 bits per heavy atom. The van der Waals surface area contributed by atoms with Crippen molar-refractivity contribution in [3.63, 3.8) is 0 Å². The maximum atomic E-state index is 6.32. The third-order valence-electron chi connectivity index (χ3n) is 8.84. The number of furan rings is 1. The Balaban J connectivity index is 1.29. The van der Waals surface area contributed by atoms with Crippen LogP contribution in [0.2, 0.25) is 0 Å². The lowest BCUT2D eigenvalue weighted by atomic mass is 10.0. The number of fused-ring (bicyclic) bond motifs is 9. The molecule has 0 N–H and O–H groups in total. The Kier molecular flexibility index (Phi) is 5.12. The molecule has 4 nitrogen and oxygen atoms in total. The molecule has 0 radical (unpaired) electrons. The van der Waals surface area contributed by atoms with Gasteiger partial charge in [-0.25, -0.2) is 9.97 Å². The van der Waals surface area contributed by atoms with Gasteiger partial charge in [-0.05, 0) is 47.5 Å². The van der Waals surface area contributed by atoms with Crippen LogP contribution in [0.15, 0.2) is 144 Å². The van der Waals surface area contributed by atoms with E-state index in [4.69, 9.17) is 14.4 Å². The molecule has 5 heteroatoms. The molecule has 210 valence electrons. The normalized spacial score (nSPS) is 12.0. The van der Waals surface area contributed by atoms with Gasteiger partial charge < -0.3 is 4.42 Å². The molecule has 10 aromatic rings. The van der Waals surface area contributed by atoms with Gasteiger partial charge in [0.25, 0.3) is 0 Å². The zero-order chi connectivity index (χ0) is 29.5. The van der Waals surface area contributed by atoms with Crippen LogP contribution in [0.1, 0.15) is 0 Å². The molecule has 0 amide bonds. The van der Waals surface area contributed by atoms with E-state index < -0.39 is 0 Å². The number of hydrogen-bond acceptors (Lipinski definition) is 4. The summed E-state index contributed by atoms with van der Waals surface area (Å²) in [5.41, 5.74) is 9.17. The maximum Gasteiger partial charge on any atom is 0.235 e. The van der Waals surface area contributed by atoms with Crippen molar-refractivity contribution in [2.24, 2.45) is 0 Å². The van der Waals surface area contributed by atoms with Crippen molar-refractivity contribution < 1.29 is 4.42 Å². The third kappa shape index (κ3) is 3.65. The van der Waals surface area contributed by atoms with Crippen LogP contribution in [-0.2, 0) is 0 Å². The topological polar surface area (TPSA) is 43.9 Å². The zero-order valence-corrected chi connectivity index (χ0v) is 24.8. The van der Waals surface area contributed by atoms with Gasteiger partial charge in [-0.3, -0.25) is 4.57 Å². The molecule has 10 rings (SSSR count). The third-order valence-corrected chi connectivity index (χ3v) is 9.99. The van der Waals surface area contributed by atoms with Crippen LogP contribution in [0, 0.1) is 0 Å². The molecular weight excluding hydrogens is 571 g/mol. The molecule has 4 aromatic heterocycles. The molecule has 0 saturated carbocycles. The standard InChI is InChI=1S/C40H23N3OS/c1-2-10-24(11-3-1)25-18-21-31-36(23-25)45-39-37(26-19-20-30-29-14-6-9-17-34(29)44-35(30)22-26)41-40(42-38(31)39)43-32-15-7-4-12-27(32)28-13-5-8-16-33(28)43/h1-23H. The maximum absolute atomic E-state index is 6.32. The van der Waals surface area contributed by atoms with E-state index >= 15 is 0 Å². The highest BCUT2D eigenvalue weighted by atomic mass is 32.1. The van der Waals surface area contributed by atoms with Gasteiger partial charge in [0.2, 0.25) is 5.95 Å². The molecule has 0 fully saturated rings. The smallest absolute Gasteiger partial charge is 0.235 e. The summed E-state index contributed by atoms with van der Waals surface area (Å²) in [6.07, 6.45) is 0. The first kappa shape index (κ1) is 24.6. The van der Waals surface area contributed by atoms with Gasteiger partial charge in [-0.15, -0.1) is 11.3 Å². The minimum atomic E-state index is 0.659. The summed E-state index contributed by atoms with van der Waals surface area (Å²) in [4.78, 5) is 10.7. The summed E-state index contributed by atoms with van der Waals surface area (Å²) in [7, 11) is 0. The van der Waals surface area contributed by atoms with Gasteiger partial charge in [0.05, 0.1) is 26.9 Å². The van der Waals surface area contributed by atoms with E-state index in [1.165, 1.54) is 26.6 Å². The van der Waals surface area contributed by atoms with E-state index in [1.54, 1.807) is 11.3 Å². The monoisotopic (exact) mass is 593 g/mol. The Hall–Kier alpha value is -5.78. The second kappa shape index (κ2) is 9.36. The quantitative estimate of drug-likeness (QED) is 0.205. The number of rotatable bonds is 3. The fraction of sp³-hybridized carbons (Fsp3) is 0. The molecule has 6 aromatic carbocycles. The van der Waals surface area contributed by atoms with Crippen molar-refractivity contribution in [1.29, 1.82) is 0 Å². The molecule has 45 heavy (non-hydrogen) atoms. The van der Waals surface area contributed by atoms with Gasteiger partial charge in [0, 0.05) is 37.2 Å². The van der Waals surface area contributed by atoms with E-state index in [2.05, 4.69) is 132 Å². The summed E-state index contributed by atoms with van der Waals surface area (Å²) >= 11 is 1.75. The van der Waals surface area contributed by atoms with Gasteiger partial charge in [0.1, 0.15) is 11.2 Å². The highest BCUT2D eigenvalue weighted by molar-refractivity contribution is 7.26. The van der Waals surface area contributed by atoms with Crippen LogP contribution < -0.4 is 0 Å². The van der Waals surface area contributed by atoms with E-state index in [-0.39, 0.29) is 0 Å². The second-order valence-electron chi connectivity index (χ2n) is 11.4. The first-order valence-electron chi connectivity index (χ1n) is 15.0. The number of thiophene rings is 1. The van der Waals surface area contributed by atoms with Crippen molar-refractivity contribution in [3.05, 3.63) is 140 Å². The molecule has 0 unspecified atom stereocenters. The number of aromatic nitrogens is 3. The lowest BCUT2D eigenvalue weighted by molar-refractivity contribution is 0.669. The lowest BCUT2D eigenvalue weighted by Gasteiger charge is -2.10. The number of hydrogen-bond donors (Lipinski definition) is 0. The molecular formula is C40H23N3OS. The zero-order valence-electron chi connectivity index (χ0n) is 23.9. The Bertz CT molecular complexity index is 2720. The molecule has 0 aliphatic carbocycles. The second-order valence-corrected chi connectivity index (χ2v) is 12.5. The molecule has 0 aliphatic heterocycles. The first-order chi connectivity index (χ1) is 22.3. The van der Waals surface area contributed by atoms with Crippen LogP contribution in [0.3, 0.4) is 0 Å². The first-order valence-corrected chi connectivity index (χ1v) is 15.8. The SMILES string of the molecule is c1ccc(-c2ccc3c(c2)sc2c(-c4ccc5c(c4)oc4ccccc45)nc(-n4c5ccccc5c5ccccc54)nc23)cc1. The number of benzene rings is 6. The lowest BCUT2D eigenvalue weighted by Crippen LogP contribution is -2.02. The minimum Gasteiger partial charge on any atom is -0.456 e. The average molecular weight is 594 g/mol. The molecule has 4 heterocycles. The van der Waals surface area contributed by atoms with Crippen LogP contribution in [0.4, 0.5) is 0 Å². The number of nitrogens with zero attached hydrogens (tertiary/aromatic N) is 3. The predicted molar refractivity (Wildman–Crippen MR) is 187 cm³/mol. The Morgan fingerprint density at radius 3 is 1.93 bits per heavy atom. The molecule has 0 saturated heterocycles. The van der Waals surface area contributed by atoms with Gasteiger partial charge in [0.15, 0.2) is 0 Å². The Labute approximate surface area is 261 Å². The molecule has 0 atom stereocenters. The summed E-state index contributed by atoms with van der Waals surface area (Å²) in [6, 6.07) is 48.9. The molecule has 0 bridgehead atoms. The number of para-hydroxylation sites is 3. The van der Waals surface area contributed by atoms with Crippen LogP contribution in [0.25, 0.3) is 92.4 Å². The van der Waals surface area contributed by atoms with E-state index in [0.717, 1.165) is 59.8 Å². The summed E-state index contributed by atoms with van der Waals surface area (Å²) in [5, 5.41) is 5.72. The van der Waals surface area contributed by atoms with Crippen LogP contribution in [0.5, 0.6) is 0 Å². The summed E-state index contributed by atoms with van der Waals surface area (Å²) in [6.45, 7) is 0. The minimum absolute atomic E-state index is 0.659. The Morgan fingerprint density at radius 2 is 1.13 bits per heavy atom. The highest BCUT2D eigenvalue weighted by Gasteiger charge is 2.21. The van der Waals surface area contributed by atoms with Crippen LogP contribution >= 0.6 is 11.3 Å². The summed E-state index contributed by atoms with van der Waals surface area (Å²) < 4.78 is 10.8. The molecule has 0 spiro atoms. The summed E-state index contributed by atoms with van der Waals surface area (Å²) in [5.74, 6) is 0.659. The predicted octanol–water partition coefficient (Wildman–Crippen LogP) is 11.2. The largest absolute Gasteiger partial charge is 0.456 e. The van der Waals surface area contributed by atoms with Crippen molar-refractivity contribution >= 4 is 75.4 Å². The fourth-order valence-electron chi connectivity index (χ4n) is 6.75. The average Bonchev–Trinajstić information content (AvgIpc) is 3.77. The van der Waals surface area contributed by atoms with Crippen molar-refractivity contribution in [2.45, 2.75) is 0 Å². The van der Waals surface area contributed by atoms with Gasteiger partial charge >= 0.3 is 0 Å². The van der Waals surface area contributed by atoms with Crippen LogP contribution in [-0.4, -0.2) is 14.5 Å². The van der Waals surface area contributed by atoms with Crippen molar-refractivity contribution in [2.75, 3.05) is 0 Å². The molecule has 0 aliphatic rings. The highest BCUT2D eigenvalue weighted by Crippen LogP contribution is 2.42.